The first-order chi connectivity index (χ1) is 9.08. The van der Waals surface area contributed by atoms with Gasteiger partial charge in [0.2, 0.25) is 0 Å². The highest BCUT2D eigenvalue weighted by Crippen LogP contribution is 2.22. The van der Waals surface area contributed by atoms with E-state index in [1.54, 1.807) is 7.11 Å². The fraction of sp³-hybridized carbons (Fsp3) is 0.625. The molecule has 108 valence electrons. The van der Waals surface area contributed by atoms with E-state index in [1.807, 2.05) is 0 Å². The van der Waals surface area contributed by atoms with Crippen molar-refractivity contribution >= 4 is 0 Å². The molecule has 0 radical (unpaired) electrons. The molecule has 0 aliphatic rings. The van der Waals surface area contributed by atoms with Crippen molar-refractivity contribution in [2.45, 2.75) is 33.1 Å². The number of nitrogens with two attached hydrogens (primary N) is 1. The molecule has 0 atom stereocenters. The van der Waals surface area contributed by atoms with Crippen LogP contribution in [0.25, 0.3) is 0 Å². The van der Waals surface area contributed by atoms with Gasteiger partial charge in [0.15, 0.2) is 0 Å². The largest absolute Gasteiger partial charge is 0.496 e. The van der Waals surface area contributed by atoms with Crippen molar-refractivity contribution in [3.63, 3.8) is 0 Å². The minimum Gasteiger partial charge on any atom is -0.496 e. The van der Waals surface area contributed by atoms with Crippen molar-refractivity contribution in [2.24, 2.45) is 5.73 Å². The Morgan fingerprint density at radius 1 is 1.11 bits per heavy atom. The van der Waals surface area contributed by atoms with Gasteiger partial charge in [-0.2, -0.15) is 0 Å². The SMILES string of the molecule is COc1cc(C)c(CCN(C)CCCCN)cc1C. The first-order valence-electron chi connectivity index (χ1n) is 7.11. The van der Waals surface area contributed by atoms with Crippen LogP contribution >= 0.6 is 0 Å². The van der Waals surface area contributed by atoms with E-state index in [0.717, 1.165) is 38.2 Å². The minimum absolute atomic E-state index is 0.796. The van der Waals surface area contributed by atoms with E-state index in [0.29, 0.717) is 0 Å². The first-order valence-corrected chi connectivity index (χ1v) is 7.11. The van der Waals surface area contributed by atoms with Crippen LogP contribution in [0.2, 0.25) is 0 Å². The summed E-state index contributed by atoms with van der Waals surface area (Å²) in [6, 6.07) is 4.39. The summed E-state index contributed by atoms with van der Waals surface area (Å²) in [4.78, 5) is 2.38. The topological polar surface area (TPSA) is 38.5 Å². The average molecular weight is 264 g/mol. The molecule has 0 bridgehead atoms. The zero-order valence-corrected chi connectivity index (χ0v) is 12.8. The van der Waals surface area contributed by atoms with Gasteiger partial charge in [-0.25, -0.2) is 0 Å². The van der Waals surface area contributed by atoms with Gasteiger partial charge >= 0.3 is 0 Å². The van der Waals surface area contributed by atoms with E-state index in [1.165, 1.54) is 23.1 Å². The van der Waals surface area contributed by atoms with Crippen LogP contribution < -0.4 is 10.5 Å². The predicted molar refractivity (Wildman–Crippen MR) is 82.0 cm³/mol. The highest BCUT2D eigenvalue weighted by Gasteiger charge is 2.06. The monoisotopic (exact) mass is 264 g/mol. The van der Waals surface area contributed by atoms with Crippen molar-refractivity contribution < 1.29 is 4.74 Å². The lowest BCUT2D eigenvalue weighted by Crippen LogP contribution is -2.23. The molecule has 0 fully saturated rings. The van der Waals surface area contributed by atoms with Crippen LogP contribution in [0, 0.1) is 13.8 Å². The van der Waals surface area contributed by atoms with Crippen LogP contribution in [0.1, 0.15) is 29.5 Å². The second-order valence-corrected chi connectivity index (χ2v) is 5.30. The first kappa shape index (κ1) is 16.0. The number of hydrogen-bond acceptors (Lipinski definition) is 3. The number of nitrogens with zero attached hydrogens (tertiary/aromatic N) is 1. The van der Waals surface area contributed by atoms with Crippen molar-refractivity contribution in [3.8, 4) is 5.75 Å². The predicted octanol–water partition coefficient (Wildman–Crippen LogP) is 2.53. The Hall–Kier alpha value is -1.06. The molecule has 0 aromatic heterocycles. The van der Waals surface area contributed by atoms with Crippen molar-refractivity contribution in [1.29, 1.82) is 0 Å². The summed E-state index contributed by atoms with van der Waals surface area (Å²) in [5, 5.41) is 0. The summed E-state index contributed by atoms with van der Waals surface area (Å²) >= 11 is 0. The van der Waals surface area contributed by atoms with Gasteiger partial charge in [0, 0.05) is 6.54 Å². The molecule has 1 aromatic rings. The van der Waals surface area contributed by atoms with E-state index in [9.17, 15) is 0 Å². The van der Waals surface area contributed by atoms with Gasteiger partial charge in [0.05, 0.1) is 7.11 Å². The van der Waals surface area contributed by atoms with E-state index in [4.69, 9.17) is 10.5 Å². The molecule has 0 aliphatic carbocycles. The Labute approximate surface area is 117 Å². The van der Waals surface area contributed by atoms with E-state index < -0.39 is 0 Å². The minimum atomic E-state index is 0.796. The summed E-state index contributed by atoms with van der Waals surface area (Å²) in [6.45, 7) is 7.28. The molecular formula is C16H28N2O. The van der Waals surface area contributed by atoms with Crippen LogP contribution in [-0.2, 0) is 6.42 Å². The van der Waals surface area contributed by atoms with Crippen molar-refractivity contribution in [2.75, 3.05) is 33.8 Å². The Morgan fingerprint density at radius 2 is 1.84 bits per heavy atom. The number of unbranched alkanes of at least 4 members (excludes halogenated alkanes) is 1. The number of rotatable bonds is 8. The van der Waals surface area contributed by atoms with E-state index in [2.05, 4.69) is 37.9 Å². The highest BCUT2D eigenvalue weighted by molar-refractivity contribution is 5.41. The molecule has 0 amide bonds. The number of likely N-dealkylation sites (N-methyl/N-ethyl adjacent to an activating group) is 1. The third-order valence-corrected chi connectivity index (χ3v) is 3.61. The van der Waals surface area contributed by atoms with E-state index in [-0.39, 0.29) is 0 Å². The molecular weight excluding hydrogens is 236 g/mol. The molecule has 0 spiro atoms. The van der Waals surface area contributed by atoms with Crippen molar-refractivity contribution in [1.82, 2.24) is 4.90 Å². The van der Waals surface area contributed by atoms with Crippen LogP contribution in [0.15, 0.2) is 12.1 Å². The fourth-order valence-corrected chi connectivity index (χ4v) is 2.29. The Morgan fingerprint density at radius 3 is 2.47 bits per heavy atom. The molecule has 2 N–H and O–H groups in total. The highest BCUT2D eigenvalue weighted by atomic mass is 16.5. The molecule has 0 saturated carbocycles. The van der Waals surface area contributed by atoms with Gasteiger partial charge in [-0.3, -0.25) is 0 Å². The van der Waals surface area contributed by atoms with Crippen LogP contribution in [-0.4, -0.2) is 38.7 Å². The van der Waals surface area contributed by atoms with Gasteiger partial charge in [0.25, 0.3) is 0 Å². The van der Waals surface area contributed by atoms with Gasteiger partial charge in [0.1, 0.15) is 5.75 Å². The second-order valence-electron chi connectivity index (χ2n) is 5.30. The second kappa shape index (κ2) is 8.18. The zero-order valence-electron chi connectivity index (χ0n) is 12.8. The van der Waals surface area contributed by atoms with Gasteiger partial charge < -0.3 is 15.4 Å². The summed E-state index contributed by atoms with van der Waals surface area (Å²) in [7, 11) is 3.91. The van der Waals surface area contributed by atoms with Gasteiger partial charge in [-0.05, 0) is 76.0 Å². The number of benzene rings is 1. The van der Waals surface area contributed by atoms with Crippen LogP contribution in [0.5, 0.6) is 5.75 Å². The maximum absolute atomic E-state index is 5.51. The molecule has 0 saturated heterocycles. The fourth-order valence-electron chi connectivity index (χ4n) is 2.29. The molecule has 1 rings (SSSR count). The maximum atomic E-state index is 5.51. The summed E-state index contributed by atoms with van der Waals surface area (Å²) in [5.74, 6) is 0.984. The maximum Gasteiger partial charge on any atom is 0.122 e. The lowest BCUT2D eigenvalue weighted by molar-refractivity contribution is 0.330. The Kier molecular flexibility index (Phi) is 6.89. The molecule has 19 heavy (non-hydrogen) atoms. The zero-order chi connectivity index (χ0) is 14.3. The molecule has 0 aliphatic heterocycles. The van der Waals surface area contributed by atoms with Crippen LogP contribution in [0.4, 0.5) is 0 Å². The number of hydrogen-bond donors (Lipinski definition) is 1. The molecule has 3 heteroatoms. The number of aryl methyl sites for hydroxylation is 2. The third kappa shape index (κ3) is 5.21. The van der Waals surface area contributed by atoms with Gasteiger partial charge in [-0.1, -0.05) is 6.07 Å². The number of ether oxygens (including phenoxy) is 1. The van der Waals surface area contributed by atoms with Crippen molar-refractivity contribution in [3.05, 3.63) is 28.8 Å². The summed E-state index contributed by atoms with van der Waals surface area (Å²) < 4.78 is 5.35. The molecule has 3 nitrogen and oxygen atoms in total. The van der Waals surface area contributed by atoms with E-state index >= 15 is 0 Å². The molecule has 1 aromatic carbocycles. The smallest absolute Gasteiger partial charge is 0.122 e. The normalized spacial score (nSPS) is 11.1. The quantitative estimate of drug-likeness (QED) is 0.733. The standard InChI is InChI=1S/C16H28N2O/c1-13-12-16(19-4)14(2)11-15(13)7-10-18(3)9-6-5-8-17/h11-12H,5-10,17H2,1-4H3. The number of methoxy groups -OCH3 is 1. The van der Waals surface area contributed by atoms with Crippen LogP contribution in [0.3, 0.4) is 0 Å². The lowest BCUT2D eigenvalue weighted by atomic mass is 10.0. The lowest BCUT2D eigenvalue weighted by Gasteiger charge is -2.18. The molecule has 0 heterocycles. The third-order valence-electron chi connectivity index (χ3n) is 3.61. The Balaban J connectivity index is 2.51. The average Bonchev–Trinajstić information content (AvgIpc) is 2.39. The van der Waals surface area contributed by atoms with Gasteiger partial charge in [-0.15, -0.1) is 0 Å². The molecule has 0 unspecified atom stereocenters. The summed E-state index contributed by atoms with van der Waals surface area (Å²) in [5.41, 5.74) is 9.47. The Bertz CT molecular complexity index is 391. The summed E-state index contributed by atoms with van der Waals surface area (Å²) in [6.07, 6.45) is 3.40.